The van der Waals surface area contributed by atoms with Gasteiger partial charge in [-0.15, -0.1) is 11.3 Å². The molecule has 61 heavy (non-hydrogen) atoms. The molecule has 0 radical (unpaired) electrons. The van der Waals surface area contributed by atoms with Crippen LogP contribution in [0.15, 0.2) is 240 Å². The molecule has 298 valence electrons. The summed E-state index contributed by atoms with van der Waals surface area (Å²) in [6.07, 6.45) is 0. The Hall–Kier alpha value is -6.19. The van der Waals surface area contributed by atoms with Crippen molar-refractivity contribution in [3.05, 3.63) is 247 Å². The molecule has 0 bridgehead atoms. The third-order valence-corrected chi connectivity index (χ3v) is 19.2. The van der Waals surface area contributed by atoms with E-state index in [0.717, 1.165) is 32.5 Å². The molecular weight excluding hydrogens is 799 g/mol. The Kier molecular flexibility index (Phi) is 12.3. The maximum atomic E-state index is 5.93. The molecule has 0 fully saturated rings. The second-order valence-corrected chi connectivity index (χ2v) is 22.0. The Bertz CT molecular complexity index is 2740. The van der Waals surface area contributed by atoms with Gasteiger partial charge in [-0.05, 0) is 18.6 Å². The van der Waals surface area contributed by atoms with E-state index in [1.54, 1.807) is 11.3 Å². The maximum absolute atomic E-state index is 5.93. The Morgan fingerprint density at radius 2 is 0.820 bits per heavy atom. The molecule has 0 aliphatic rings. The molecule has 0 atom stereocenters. The fraction of sp³-hybridized carbons (Fsp3) is 0.0556. The Morgan fingerprint density at radius 1 is 0.443 bits per heavy atom. The van der Waals surface area contributed by atoms with Gasteiger partial charge in [-0.3, -0.25) is 4.74 Å². The first-order valence-corrected chi connectivity index (χ1v) is 24.9. The van der Waals surface area contributed by atoms with Gasteiger partial charge in [0.25, 0.3) is 0 Å². The minimum atomic E-state index is -2.57. The first-order chi connectivity index (χ1) is 30.1. The van der Waals surface area contributed by atoms with E-state index in [1.165, 1.54) is 37.4 Å². The van der Waals surface area contributed by atoms with Gasteiger partial charge in [0.15, 0.2) is 5.82 Å². The van der Waals surface area contributed by atoms with Crippen LogP contribution in [0.3, 0.4) is 0 Å². The first-order valence-electron chi connectivity index (χ1n) is 20.6. The van der Waals surface area contributed by atoms with Crippen LogP contribution in [0.4, 0.5) is 11.5 Å². The second-order valence-electron chi connectivity index (χ2n) is 14.9. The van der Waals surface area contributed by atoms with Crippen LogP contribution >= 0.6 is 25.4 Å². The van der Waals surface area contributed by atoms with Crippen LogP contribution in [-0.2, 0) is 13.1 Å². The van der Waals surface area contributed by atoms with Crippen molar-refractivity contribution >= 4 is 68.8 Å². The Labute approximate surface area is 363 Å². The largest absolute Gasteiger partial charge is 0.308 e. The van der Waals surface area contributed by atoms with E-state index in [1.807, 2.05) is 0 Å². The minimum Gasteiger partial charge on any atom is -0.308 e. The number of hydrogen-bond acceptors (Lipinski definition) is 5. The highest BCUT2D eigenvalue weighted by atomic mass is 32.1. The van der Waals surface area contributed by atoms with Gasteiger partial charge in [0.05, 0.1) is 24.7 Å². The summed E-state index contributed by atoms with van der Waals surface area (Å²) in [5, 5.41) is 12.1. The number of benzene rings is 8. The summed E-state index contributed by atoms with van der Waals surface area (Å²) in [5.41, 5.74) is 4.42. The fourth-order valence-electron chi connectivity index (χ4n) is 7.91. The summed E-state index contributed by atoms with van der Waals surface area (Å²) in [5.74, 6) is 0.776. The van der Waals surface area contributed by atoms with Gasteiger partial charge in [0.2, 0.25) is 0 Å². The normalized spacial score (nSPS) is 11.6. The number of thiazole rings is 1. The van der Waals surface area contributed by atoms with E-state index in [2.05, 4.69) is 243 Å². The van der Waals surface area contributed by atoms with Gasteiger partial charge in [-0.1, -0.05) is 230 Å². The average Bonchev–Trinajstić information content (AvgIpc) is 3.74. The van der Waals surface area contributed by atoms with E-state index >= 15 is 0 Å². The van der Waals surface area contributed by atoms with Crippen LogP contribution in [0.1, 0.15) is 16.0 Å². The Morgan fingerprint density at radius 3 is 1.23 bits per heavy atom. The van der Waals surface area contributed by atoms with Crippen LogP contribution < -0.4 is 37.1 Å². The van der Waals surface area contributed by atoms with Crippen molar-refractivity contribution in [1.29, 1.82) is 0 Å². The molecule has 0 aliphatic heterocycles. The predicted octanol–water partition coefficient (Wildman–Crippen LogP) is 12.0. The molecule has 0 saturated heterocycles. The smallest absolute Gasteiger partial charge is 0.167 e. The lowest BCUT2D eigenvalue weighted by molar-refractivity contribution is 0.701. The molecule has 1 N–H and O–H groups in total. The summed E-state index contributed by atoms with van der Waals surface area (Å²) in [7, 11) is -5.05. The van der Waals surface area contributed by atoms with Crippen LogP contribution in [0, 0.1) is 6.92 Å². The standard InChI is InChI=1S/C54H46N4P2S/c1-42-37-38-51(57-59(45-25-11-3-12-26-45,46-27-13-4-14-28-46)47-29-15-5-16-30-47)44(39-42)40-55-41-52-53(56-54(61-52)43-23-9-2-10-24-43)58-60(48-31-17-6-18-32-48,49-33-19-7-20-34-49)50-35-21-8-22-36-50/h2-39,55H,40-41H2,1H3. The van der Waals surface area contributed by atoms with Gasteiger partial charge in [-0.2, -0.15) is 0 Å². The molecule has 8 aromatic carbocycles. The van der Waals surface area contributed by atoms with Crippen molar-refractivity contribution in [2.45, 2.75) is 20.0 Å². The van der Waals surface area contributed by atoms with E-state index in [9.17, 15) is 0 Å². The summed E-state index contributed by atoms with van der Waals surface area (Å²) in [4.78, 5) is 6.47. The molecule has 0 amide bonds. The highest BCUT2D eigenvalue weighted by molar-refractivity contribution is 7.88. The average molecular weight is 845 g/mol. The number of hydrogen-bond donors (Lipinski definition) is 1. The summed E-state index contributed by atoms with van der Waals surface area (Å²) < 4.78 is 11.8. The van der Waals surface area contributed by atoms with Gasteiger partial charge < -0.3 is 5.32 Å². The highest BCUT2D eigenvalue weighted by Crippen LogP contribution is 2.52. The Balaban J connectivity index is 1.18. The van der Waals surface area contributed by atoms with E-state index in [0.29, 0.717) is 13.1 Å². The third-order valence-electron chi connectivity index (χ3n) is 10.8. The van der Waals surface area contributed by atoms with E-state index in [-0.39, 0.29) is 0 Å². The summed E-state index contributed by atoms with van der Waals surface area (Å²) in [6.45, 7) is 3.37. The SMILES string of the molecule is Cc1ccc(N=P(c2ccccc2)(c2ccccc2)c2ccccc2)c(CNCc2sc(-c3ccccc3)nc2N=P(c2ccccc2)(c2ccccc2)c2ccccc2)c1. The molecule has 0 unspecified atom stereocenters. The minimum absolute atomic E-state index is 0.589. The number of aromatic nitrogens is 1. The number of nitrogens with zero attached hydrogens (tertiary/aromatic N) is 3. The molecule has 1 aromatic heterocycles. The number of nitrogens with one attached hydrogen (secondary N) is 1. The molecule has 0 spiro atoms. The molecule has 0 aliphatic carbocycles. The second kappa shape index (κ2) is 18.6. The van der Waals surface area contributed by atoms with Crippen molar-refractivity contribution in [3.8, 4) is 10.6 Å². The zero-order valence-electron chi connectivity index (χ0n) is 34.0. The molecule has 0 saturated carbocycles. The number of aryl methyl sites for hydroxylation is 1. The van der Waals surface area contributed by atoms with Crippen molar-refractivity contribution in [1.82, 2.24) is 10.3 Å². The van der Waals surface area contributed by atoms with Gasteiger partial charge in [0, 0.05) is 50.5 Å². The quantitative estimate of drug-likeness (QED) is 0.118. The lowest BCUT2D eigenvalue weighted by Gasteiger charge is -2.27. The molecule has 7 heteroatoms. The van der Waals surface area contributed by atoms with Crippen LogP contribution in [0.2, 0.25) is 0 Å². The van der Waals surface area contributed by atoms with Crippen molar-refractivity contribution in [2.75, 3.05) is 0 Å². The zero-order chi connectivity index (χ0) is 41.3. The van der Waals surface area contributed by atoms with Crippen molar-refractivity contribution in [2.24, 2.45) is 9.49 Å². The molecular formula is C54H46N4P2S. The van der Waals surface area contributed by atoms with E-state index < -0.39 is 14.1 Å². The monoisotopic (exact) mass is 844 g/mol. The fourth-order valence-corrected chi connectivity index (χ4v) is 16.0. The van der Waals surface area contributed by atoms with Gasteiger partial charge in [0.1, 0.15) is 5.01 Å². The van der Waals surface area contributed by atoms with Crippen LogP contribution in [0.5, 0.6) is 0 Å². The van der Waals surface area contributed by atoms with Crippen LogP contribution in [-0.4, -0.2) is 4.98 Å². The van der Waals surface area contributed by atoms with Crippen molar-refractivity contribution < 1.29 is 0 Å². The molecule has 9 aromatic rings. The lowest BCUT2D eigenvalue weighted by atomic mass is 10.1. The van der Waals surface area contributed by atoms with Gasteiger partial charge in [-0.25, -0.2) is 9.73 Å². The predicted molar refractivity (Wildman–Crippen MR) is 264 cm³/mol. The summed E-state index contributed by atoms with van der Waals surface area (Å²) in [6, 6.07) is 82.0. The lowest BCUT2D eigenvalue weighted by Crippen LogP contribution is -2.25. The highest BCUT2D eigenvalue weighted by Gasteiger charge is 2.30. The van der Waals surface area contributed by atoms with Crippen molar-refractivity contribution in [3.63, 3.8) is 0 Å². The molecule has 4 nitrogen and oxygen atoms in total. The molecule has 9 rings (SSSR count). The topological polar surface area (TPSA) is 49.6 Å². The van der Waals surface area contributed by atoms with E-state index in [4.69, 9.17) is 14.5 Å². The first kappa shape index (κ1) is 40.2. The molecule has 1 heterocycles. The maximum Gasteiger partial charge on any atom is 0.167 e. The zero-order valence-corrected chi connectivity index (χ0v) is 36.6. The van der Waals surface area contributed by atoms with Gasteiger partial charge >= 0.3 is 0 Å². The summed E-state index contributed by atoms with van der Waals surface area (Å²) >= 11 is 1.72. The number of rotatable bonds is 13. The van der Waals surface area contributed by atoms with Crippen LogP contribution in [0.25, 0.3) is 10.6 Å². The third kappa shape index (κ3) is 8.44.